The Bertz CT molecular complexity index is 1240. The fourth-order valence-electron chi connectivity index (χ4n) is 4.54. The molecule has 1 unspecified atom stereocenters. The molecule has 6 heteroatoms. The van der Waals surface area contributed by atoms with Gasteiger partial charge in [0.25, 0.3) is 0 Å². The number of fused-ring (bicyclic) bond motifs is 1. The van der Waals surface area contributed by atoms with Crippen molar-refractivity contribution in [1.29, 1.82) is 0 Å². The second-order valence-corrected chi connectivity index (χ2v) is 9.08. The number of anilines is 1. The summed E-state index contributed by atoms with van der Waals surface area (Å²) in [6.07, 6.45) is 2.03. The molecule has 5 rings (SSSR count). The molecule has 1 aliphatic heterocycles. The van der Waals surface area contributed by atoms with Gasteiger partial charge in [0.05, 0.1) is 5.52 Å². The van der Waals surface area contributed by atoms with E-state index in [9.17, 15) is 9.50 Å². The Morgan fingerprint density at radius 1 is 0.886 bits per heavy atom. The maximum absolute atomic E-state index is 13.1. The lowest BCUT2D eigenvalue weighted by atomic mass is 10.0. The maximum atomic E-state index is 13.1. The molecule has 3 aromatic carbocycles. The second kappa shape index (κ2) is 10.8. The Morgan fingerprint density at radius 2 is 1.60 bits per heavy atom. The molecule has 180 valence electrons. The molecule has 0 aliphatic carbocycles. The highest BCUT2D eigenvalue weighted by molar-refractivity contribution is 5.79. The number of nitrogens with zero attached hydrogens (tertiary/aromatic N) is 3. The van der Waals surface area contributed by atoms with Crippen LogP contribution in [0.5, 0.6) is 5.75 Å². The molecular formula is C29H30FN3O2. The largest absolute Gasteiger partial charge is 0.491 e. The standard InChI is InChI=1S/C29H30FN3O2/c30-25-7-3-22(4-8-25)18-23-5-9-26(10-6-23)33-16-14-32(15-17-33)20-27(34)21-35-28-11-12-29-24(19-28)2-1-13-31-29/h1-13,19,27,34H,14-18,20-21H2. The summed E-state index contributed by atoms with van der Waals surface area (Å²) in [7, 11) is 0. The van der Waals surface area contributed by atoms with Crippen LogP contribution in [0.25, 0.3) is 10.9 Å². The average Bonchev–Trinajstić information content (AvgIpc) is 2.90. The van der Waals surface area contributed by atoms with E-state index in [1.54, 1.807) is 6.20 Å². The first-order valence-electron chi connectivity index (χ1n) is 12.1. The molecule has 5 nitrogen and oxygen atoms in total. The highest BCUT2D eigenvalue weighted by Crippen LogP contribution is 2.21. The van der Waals surface area contributed by atoms with Crippen molar-refractivity contribution in [3.05, 3.63) is 102 Å². The monoisotopic (exact) mass is 471 g/mol. The van der Waals surface area contributed by atoms with Crippen LogP contribution < -0.4 is 9.64 Å². The summed E-state index contributed by atoms with van der Waals surface area (Å²) < 4.78 is 18.9. The minimum atomic E-state index is -0.545. The number of aromatic nitrogens is 1. The van der Waals surface area contributed by atoms with Crippen molar-refractivity contribution in [2.75, 3.05) is 44.2 Å². The summed E-state index contributed by atoms with van der Waals surface area (Å²) in [5.41, 5.74) is 4.46. The molecule has 1 atom stereocenters. The molecule has 0 bridgehead atoms. The zero-order valence-electron chi connectivity index (χ0n) is 19.7. The molecule has 0 spiro atoms. The Balaban J connectivity index is 1.06. The third-order valence-electron chi connectivity index (χ3n) is 6.48. The van der Waals surface area contributed by atoms with Gasteiger partial charge < -0.3 is 14.7 Å². The zero-order chi connectivity index (χ0) is 24.0. The Morgan fingerprint density at radius 3 is 2.34 bits per heavy atom. The van der Waals surface area contributed by atoms with Gasteiger partial charge >= 0.3 is 0 Å². The van der Waals surface area contributed by atoms with Gasteiger partial charge in [-0.05, 0) is 66.1 Å². The molecular weight excluding hydrogens is 441 g/mol. The number of halogens is 1. The fourth-order valence-corrected chi connectivity index (χ4v) is 4.54. The molecule has 1 N–H and O–H groups in total. The van der Waals surface area contributed by atoms with Crippen LogP contribution >= 0.6 is 0 Å². The van der Waals surface area contributed by atoms with E-state index in [0.29, 0.717) is 6.54 Å². The summed E-state index contributed by atoms with van der Waals surface area (Å²) in [5.74, 6) is 0.545. The number of aliphatic hydroxyl groups is 1. The van der Waals surface area contributed by atoms with Gasteiger partial charge in [-0.25, -0.2) is 4.39 Å². The van der Waals surface area contributed by atoms with Crippen LogP contribution in [0.3, 0.4) is 0 Å². The van der Waals surface area contributed by atoms with Crippen molar-refractivity contribution in [1.82, 2.24) is 9.88 Å². The van der Waals surface area contributed by atoms with Gasteiger partial charge in [-0.1, -0.05) is 30.3 Å². The van der Waals surface area contributed by atoms with Crippen molar-refractivity contribution < 1.29 is 14.2 Å². The van der Waals surface area contributed by atoms with E-state index in [2.05, 4.69) is 39.0 Å². The highest BCUT2D eigenvalue weighted by atomic mass is 19.1. The molecule has 0 amide bonds. The Labute approximate surface area is 205 Å². The van der Waals surface area contributed by atoms with Gasteiger partial charge in [-0.15, -0.1) is 0 Å². The first-order valence-corrected chi connectivity index (χ1v) is 12.1. The molecule has 0 saturated carbocycles. The summed E-state index contributed by atoms with van der Waals surface area (Å²) in [6, 6.07) is 25.0. The van der Waals surface area contributed by atoms with Crippen molar-refractivity contribution in [2.45, 2.75) is 12.5 Å². The number of aliphatic hydroxyl groups excluding tert-OH is 1. The molecule has 1 saturated heterocycles. The van der Waals surface area contributed by atoms with Crippen LogP contribution in [-0.2, 0) is 6.42 Å². The highest BCUT2D eigenvalue weighted by Gasteiger charge is 2.20. The average molecular weight is 472 g/mol. The lowest BCUT2D eigenvalue weighted by Gasteiger charge is -2.37. The van der Waals surface area contributed by atoms with Crippen LogP contribution in [0.15, 0.2) is 85.1 Å². The SMILES string of the molecule is OC(COc1ccc2ncccc2c1)CN1CCN(c2ccc(Cc3ccc(F)cc3)cc2)CC1. The van der Waals surface area contributed by atoms with Crippen molar-refractivity contribution in [3.63, 3.8) is 0 Å². The number of ether oxygens (including phenoxy) is 1. The molecule has 0 radical (unpaired) electrons. The first-order chi connectivity index (χ1) is 17.1. The maximum Gasteiger partial charge on any atom is 0.123 e. The first kappa shape index (κ1) is 23.3. The van der Waals surface area contributed by atoms with E-state index in [1.807, 2.05) is 42.5 Å². The van der Waals surface area contributed by atoms with Crippen LogP contribution in [0.2, 0.25) is 0 Å². The van der Waals surface area contributed by atoms with Crippen LogP contribution in [-0.4, -0.2) is 60.4 Å². The Kier molecular flexibility index (Phi) is 7.21. The van der Waals surface area contributed by atoms with Gasteiger partial charge in [0, 0.05) is 50.0 Å². The summed E-state index contributed by atoms with van der Waals surface area (Å²) in [4.78, 5) is 8.99. The zero-order valence-corrected chi connectivity index (χ0v) is 19.7. The molecule has 2 heterocycles. The van der Waals surface area contributed by atoms with Gasteiger partial charge in [0.2, 0.25) is 0 Å². The number of benzene rings is 3. The number of hydrogen-bond donors (Lipinski definition) is 1. The summed E-state index contributed by atoms with van der Waals surface area (Å²) in [6.45, 7) is 4.50. The van der Waals surface area contributed by atoms with E-state index in [4.69, 9.17) is 4.74 Å². The van der Waals surface area contributed by atoms with Crippen molar-refractivity contribution >= 4 is 16.6 Å². The fraction of sp³-hybridized carbons (Fsp3) is 0.276. The van der Waals surface area contributed by atoms with Gasteiger partial charge in [-0.2, -0.15) is 0 Å². The third-order valence-corrected chi connectivity index (χ3v) is 6.48. The number of rotatable bonds is 8. The van der Waals surface area contributed by atoms with E-state index in [0.717, 1.165) is 54.8 Å². The third kappa shape index (κ3) is 6.15. The minimum absolute atomic E-state index is 0.203. The number of hydrogen-bond acceptors (Lipinski definition) is 5. The van der Waals surface area contributed by atoms with E-state index >= 15 is 0 Å². The molecule has 4 aromatic rings. The van der Waals surface area contributed by atoms with Gasteiger partial charge in [0.15, 0.2) is 0 Å². The normalized spacial score (nSPS) is 15.3. The summed E-state index contributed by atoms with van der Waals surface area (Å²) in [5, 5.41) is 11.5. The number of piperazine rings is 1. The number of pyridine rings is 1. The topological polar surface area (TPSA) is 48.8 Å². The molecule has 1 aliphatic rings. The Hall–Kier alpha value is -3.48. The number of β-amino-alcohol motifs (C(OH)–C–C–N with tert-alkyl or cyclic N) is 1. The quantitative estimate of drug-likeness (QED) is 0.409. The van der Waals surface area contributed by atoms with Gasteiger partial charge in [-0.3, -0.25) is 9.88 Å². The molecule has 35 heavy (non-hydrogen) atoms. The van der Waals surface area contributed by atoms with E-state index < -0.39 is 6.10 Å². The second-order valence-electron chi connectivity index (χ2n) is 9.08. The minimum Gasteiger partial charge on any atom is -0.491 e. The predicted molar refractivity (Wildman–Crippen MR) is 138 cm³/mol. The van der Waals surface area contributed by atoms with E-state index in [1.165, 1.54) is 23.4 Å². The van der Waals surface area contributed by atoms with Crippen molar-refractivity contribution in [2.24, 2.45) is 0 Å². The summed E-state index contributed by atoms with van der Waals surface area (Å²) >= 11 is 0. The lowest BCUT2D eigenvalue weighted by molar-refractivity contribution is 0.0663. The molecule has 1 aromatic heterocycles. The van der Waals surface area contributed by atoms with Crippen LogP contribution in [0, 0.1) is 5.82 Å². The molecule has 1 fully saturated rings. The lowest BCUT2D eigenvalue weighted by Crippen LogP contribution is -2.49. The predicted octanol–water partition coefficient (Wildman–Crippen LogP) is 4.53. The van der Waals surface area contributed by atoms with Gasteiger partial charge in [0.1, 0.15) is 24.3 Å². The smallest absolute Gasteiger partial charge is 0.123 e. The van der Waals surface area contributed by atoms with Crippen LogP contribution in [0.4, 0.5) is 10.1 Å². The van der Waals surface area contributed by atoms with E-state index in [-0.39, 0.29) is 12.4 Å². The van der Waals surface area contributed by atoms with Crippen molar-refractivity contribution in [3.8, 4) is 5.75 Å². The van der Waals surface area contributed by atoms with Crippen LogP contribution in [0.1, 0.15) is 11.1 Å².